The highest BCUT2D eigenvalue weighted by Crippen LogP contribution is 2.37. The van der Waals surface area contributed by atoms with Crippen molar-refractivity contribution in [2.24, 2.45) is 30.7 Å². The van der Waals surface area contributed by atoms with Crippen molar-refractivity contribution in [3.8, 4) is 11.5 Å². The van der Waals surface area contributed by atoms with Crippen LogP contribution in [-0.4, -0.2) is 95.7 Å². The summed E-state index contributed by atoms with van der Waals surface area (Å²) < 4.78 is 38.9. The van der Waals surface area contributed by atoms with Crippen molar-refractivity contribution in [2.75, 3.05) is 49.9 Å². The van der Waals surface area contributed by atoms with Gasteiger partial charge in [-0.15, -0.1) is 0 Å². The van der Waals surface area contributed by atoms with Gasteiger partial charge in [0.2, 0.25) is 17.7 Å². The number of carbonyl (C=O) groups excluding carboxylic acids is 3. The number of oxazole rings is 1. The molecule has 16 nitrogen and oxygen atoms in total. The molecule has 5 aromatic rings. The van der Waals surface area contributed by atoms with Crippen LogP contribution < -0.4 is 21.6 Å². The lowest BCUT2D eigenvalue weighted by atomic mass is 9.82. The van der Waals surface area contributed by atoms with Gasteiger partial charge in [0.25, 0.3) is 12.3 Å². The van der Waals surface area contributed by atoms with Crippen LogP contribution in [0.1, 0.15) is 124 Å². The molecular weight excluding hydrogens is 861 g/mol. The zero-order valence-corrected chi connectivity index (χ0v) is 38.2. The van der Waals surface area contributed by atoms with Gasteiger partial charge in [-0.25, -0.2) is 23.5 Å². The number of para-hydroxylation sites is 1. The smallest absolute Gasteiger partial charge is 0.329 e. The van der Waals surface area contributed by atoms with Gasteiger partial charge in [0, 0.05) is 51.1 Å². The number of benzene rings is 1. The van der Waals surface area contributed by atoms with E-state index in [0.717, 1.165) is 107 Å². The van der Waals surface area contributed by atoms with Gasteiger partial charge in [-0.2, -0.15) is 5.10 Å². The topological polar surface area (TPSA) is 177 Å². The molecule has 3 N–H and O–H groups in total. The van der Waals surface area contributed by atoms with Gasteiger partial charge < -0.3 is 20.0 Å². The Bertz CT molecular complexity index is 2650. The van der Waals surface area contributed by atoms with E-state index in [1.807, 2.05) is 18.2 Å². The molecule has 4 aromatic heterocycles. The zero-order chi connectivity index (χ0) is 46.2. The Labute approximate surface area is 387 Å². The van der Waals surface area contributed by atoms with Crippen molar-refractivity contribution in [1.29, 1.82) is 0 Å². The molecule has 2 saturated carbocycles. The molecule has 1 atom stereocenters. The standard InChI is InChI=1S/C49H61F2N11O5/c1-58-44-35(3-2-4-39(44)62(49(58)66)40-11-12-42(63)56-47(40)65)27-60-21-16-31(17-22-60)23-30-14-19-59(20-15-30)26-33-7-9-36(10-8-33)61-28-37(43(57-61)45(50)51)54-46(64)38-29-67-48(55-38)34-13-18-52-41(24-34)53-25-32-5-6-32/h2-4,13,18,24,28-33,36,40,45H,5-12,14-17,19-23,25-27H2,1H3,(H,52,53)(H,54,64)(H,56,63,65). The molecule has 0 spiro atoms. The van der Waals surface area contributed by atoms with Crippen LogP contribution in [0.4, 0.5) is 20.3 Å². The first kappa shape index (κ1) is 45.1. The van der Waals surface area contributed by atoms with E-state index >= 15 is 0 Å². The normalized spacial score (nSPS) is 22.7. The summed E-state index contributed by atoms with van der Waals surface area (Å²) in [6.07, 6.45) is 14.2. The Kier molecular flexibility index (Phi) is 13.1. The van der Waals surface area contributed by atoms with Gasteiger partial charge in [-0.1, -0.05) is 12.1 Å². The van der Waals surface area contributed by atoms with E-state index in [4.69, 9.17) is 4.42 Å². The lowest BCUT2D eigenvalue weighted by molar-refractivity contribution is -0.135. The molecule has 1 unspecified atom stereocenters. The number of aromatic nitrogens is 6. The molecular formula is C49H61F2N11O5. The molecule has 10 rings (SSSR count). The minimum Gasteiger partial charge on any atom is -0.444 e. The third-order valence-electron chi connectivity index (χ3n) is 15.1. The second-order valence-corrected chi connectivity index (χ2v) is 19.8. The van der Waals surface area contributed by atoms with E-state index < -0.39 is 30.0 Å². The minimum absolute atomic E-state index is 0.0148. The quantitative estimate of drug-likeness (QED) is 0.0897. The Balaban J connectivity index is 0.658. The number of piperidine rings is 3. The number of rotatable bonds is 15. The second kappa shape index (κ2) is 19.5. The van der Waals surface area contributed by atoms with Crippen LogP contribution in [0.25, 0.3) is 22.5 Å². The largest absolute Gasteiger partial charge is 0.444 e. The van der Waals surface area contributed by atoms with Crippen molar-refractivity contribution >= 4 is 40.3 Å². The fraction of sp³-hybridized carbons (Fsp3) is 0.571. The molecule has 67 heavy (non-hydrogen) atoms. The molecule has 1 aromatic carbocycles. The lowest BCUT2D eigenvalue weighted by Crippen LogP contribution is -2.44. The van der Waals surface area contributed by atoms with Crippen molar-refractivity contribution in [1.82, 2.24) is 44.0 Å². The van der Waals surface area contributed by atoms with Gasteiger partial charge in [0.05, 0.1) is 22.8 Å². The molecule has 18 heteroatoms. The molecule has 0 radical (unpaired) electrons. The maximum absolute atomic E-state index is 14.2. The number of carbonyl (C=O) groups is 3. The van der Waals surface area contributed by atoms with Crippen LogP contribution >= 0.6 is 0 Å². The number of amides is 3. The van der Waals surface area contributed by atoms with Crippen LogP contribution in [0.2, 0.25) is 0 Å². The zero-order valence-electron chi connectivity index (χ0n) is 38.2. The Morgan fingerprint density at radius 2 is 1.63 bits per heavy atom. The Morgan fingerprint density at radius 1 is 0.896 bits per heavy atom. The number of hydrogen-bond donors (Lipinski definition) is 3. The van der Waals surface area contributed by atoms with Gasteiger partial charge in [0.15, 0.2) is 11.4 Å². The summed E-state index contributed by atoms with van der Waals surface area (Å²) in [4.78, 5) is 64.9. The number of fused-ring (bicyclic) bond motifs is 1. The molecule has 5 fully saturated rings. The molecule has 7 heterocycles. The molecule has 3 amide bonds. The van der Waals surface area contributed by atoms with Crippen LogP contribution in [0.15, 0.2) is 58.2 Å². The van der Waals surface area contributed by atoms with Crippen molar-refractivity contribution in [3.63, 3.8) is 0 Å². The van der Waals surface area contributed by atoms with Crippen LogP contribution in [-0.2, 0) is 23.2 Å². The van der Waals surface area contributed by atoms with E-state index in [9.17, 15) is 28.0 Å². The summed E-state index contributed by atoms with van der Waals surface area (Å²) in [6.45, 7) is 6.90. The van der Waals surface area contributed by atoms with Gasteiger partial charge in [-0.05, 0) is 151 Å². The lowest BCUT2D eigenvalue weighted by Gasteiger charge is -2.38. The molecule has 3 aliphatic heterocycles. The first-order chi connectivity index (χ1) is 32.5. The number of likely N-dealkylation sites (tertiary alicyclic amines) is 2. The predicted molar refractivity (Wildman–Crippen MR) is 247 cm³/mol. The Morgan fingerprint density at radius 3 is 2.34 bits per heavy atom. The number of imidazole rings is 1. The molecule has 356 valence electrons. The summed E-state index contributed by atoms with van der Waals surface area (Å²) >= 11 is 0. The van der Waals surface area contributed by atoms with E-state index in [-0.39, 0.29) is 41.3 Å². The summed E-state index contributed by atoms with van der Waals surface area (Å²) in [7, 11) is 1.77. The first-order valence-electron chi connectivity index (χ1n) is 24.3. The third-order valence-corrected chi connectivity index (χ3v) is 15.1. The summed E-state index contributed by atoms with van der Waals surface area (Å²) in [5.41, 5.74) is 2.60. The fourth-order valence-corrected chi connectivity index (χ4v) is 11.1. The summed E-state index contributed by atoms with van der Waals surface area (Å²) in [5.74, 6) is 2.25. The number of pyridine rings is 1. The van der Waals surface area contributed by atoms with E-state index in [0.29, 0.717) is 35.6 Å². The number of nitrogens with zero attached hydrogens (tertiary/aromatic N) is 8. The molecule has 3 saturated heterocycles. The summed E-state index contributed by atoms with van der Waals surface area (Å²) in [5, 5.41) is 12.6. The monoisotopic (exact) mass is 921 g/mol. The first-order valence-corrected chi connectivity index (χ1v) is 24.3. The SMILES string of the molecule is Cn1c(=O)n(C2CCC(=O)NC2=O)c2cccc(CN3CCC(CC4CCN(CC5CCC(n6cc(NC(=O)c7coc(-c8ccnc(NCC9CC9)c8)n7)c(C(F)F)n6)CC5)CC4)CC3)c21. The average molecular weight is 922 g/mol. The van der Waals surface area contributed by atoms with E-state index in [1.54, 1.807) is 33.1 Å². The highest BCUT2D eigenvalue weighted by molar-refractivity contribution is 6.03. The van der Waals surface area contributed by atoms with E-state index in [1.165, 1.54) is 44.6 Å². The molecule has 5 aliphatic rings. The fourth-order valence-electron chi connectivity index (χ4n) is 11.1. The number of halogens is 2. The van der Waals surface area contributed by atoms with E-state index in [2.05, 4.69) is 46.9 Å². The minimum atomic E-state index is -2.85. The number of anilines is 2. The number of aryl methyl sites for hydroxylation is 1. The van der Waals surface area contributed by atoms with Crippen LogP contribution in [0.3, 0.4) is 0 Å². The van der Waals surface area contributed by atoms with Gasteiger partial charge in [0.1, 0.15) is 18.1 Å². The van der Waals surface area contributed by atoms with Crippen molar-refractivity contribution in [2.45, 2.75) is 109 Å². The highest BCUT2D eigenvalue weighted by atomic mass is 19.3. The van der Waals surface area contributed by atoms with Crippen molar-refractivity contribution < 1.29 is 27.6 Å². The van der Waals surface area contributed by atoms with Gasteiger partial charge in [-0.3, -0.25) is 38.4 Å². The number of imide groups is 1. The molecule has 0 bridgehead atoms. The molecule has 2 aliphatic carbocycles. The maximum atomic E-state index is 14.2. The number of hydrogen-bond acceptors (Lipinski definition) is 11. The number of nitrogens with one attached hydrogen (secondary N) is 3. The number of alkyl halides is 2. The maximum Gasteiger partial charge on any atom is 0.329 e. The average Bonchev–Trinajstić information content (AvgIpc) is 3.73. The van der Waals surface area contributed by atoms with Crippen LogP contribution in [0, 0.1) is 23.7 Å². The van der Waals surface area contributed by atoms with Crippen molar-refractivity contribution in [3.05, 3.63) is 76.4 Å². The summed E-state index contributed by atoms with van der Waals surface area (Å²) in [6, 6.07) is 8.79. The highest BCUT2D eigenvalue weighted by Gasteiger charge is 2.34. The Hall–Kier alpha value is -5.75. The second-order valence-electron chi connectivity index (χ2n) is 19.8. The van der Waals surface area contributed by atoms with Crippen LogP contribution in [0.5, 0.6) is 0 Å². The third kappa shape index (κ3) is 10.1. The van der Waals surface area contributed by atoms with Gasteiger partial charge >= 0.3 is 5.69 Å². The predicted octanol–water partition coefficient (Wildman–Crippen LogP) is 7.32.